The van der Waals surface area contributed by atoms with E-state index < -0.39 is 0 Å². The molecule has 3 N–H and O–H groups in total. The summed E-state index contributed by atoms with van der Waals surface area (Å²) in [5, 5.41) is 3.29. The molecule has 0 amide bonds. The molecule has 0 spiro atoms. The van der Waals surface area contributed by atoms with Crippen LogP contribution in [0.2, 0.25) is 0 Å². The Kier molecular flexibility index (Phi) is 5.22. The average molecular weight is 304 g/mol. The predicted octanol–water partition coefficient (Wildman–Crippen LogP) is 3.68. The number of carbonyl (C=O) groups is 1. The summed E-state index contributed by atoms with van der Waals surface area (Å²) >= 11 is 1.78. The lowest BCUT2D eigenvalue weighted by Crippen LogP contribution is -2.10. The van der Waals surface area contributed by atoms with Crippen LogP contribution in [-0.4, -0.2) is 12.6 Å². The van der Waals surface area contributed by atoms with Gasteiger partial charge in [-0.2, -0.15) is 0 Å². The van der Waals surface area contributed by atoms with Crippen molar-refractivity contribution in [3.05, 3.63) is 45.6 Å². The van der Waals surface area contributed by atoms with Crippen LogP contribution in [0, 0.1) is 0 Å². The van der Waals surface area contributed by atoms with Gasteiger partial charge in [0.25, 0.3) is 0 Å². The number of anilines is 2. The minimum absolute atomic E-state index is 0.345. The van der Waals surface area contributed by atoms with Gasteiger partial charge in [0.05, 0.1) is 12.2 Å². The molecular weight excluding hydrogens is 284 g/mol. The summed E-state index contributed by atoms with van der Waals surface area (Å²) in [6.07, 6.45) is 1.04. The van der Waals surface area contributed by atoms with Gasteiger partial charge < -0.3 is 15.8 Å². The molecule has 21 heavy (non-hydrogen) atoms. The lowest BCUT2D eigenvalue weighted by molar-refractivity contribution is 0.0527. The molecule has 0 aliphatic rings. The Balaban J connectivity index is 2.13. The first-order chi connectivity index (χ1) is 10.1. The average Bonchev–Trinajstić information content (AvgIpc) is 2.94. The number of nitrogens with two attached hydrogens (primary N) is 1. The van der Waals surface area contributed by atoms with Gasteiger partial charge in [0, 0.05) is 27.7 Å². The zero-order valence-electron chi connectivity index (χ0n) is 12.3. The van der Waals surface area contributed by atoms with E-state index in [0.717, 1.165) is 12.1 Å². The van der Waals surface area contributed by atoms with Crippen molar-refractivity contribution >= 4 is 28.7 Å². The number of nitrogens with one attached hydrogen (secondary N) is 1. The van der Waals surface area contributed by atoms with Gasteiger partial charge in [-0.3, -0.25) is 0 Å². The normalized spacial score (nSPS) is 10.4. The monoisotopic (exact) mass is 304 g/mol. The highest BCUT2D eigenvalue weighted by molar-refractivity contribution is 7.12. The van der Waals surface area contributed by atoms with Crippen molar-refractivity contribution in [2.45, 2.75) is 26.8 Å². The molecule has 0 aliphatic heterocycles. The molecule has 0 atom stereocenters. The van der Waals surface area contributed by atoms with Crippen LogP contribution in [0.15, 0.2) is 30.3 Å². The van der Waals surface area contributed by atoms with E-state index in [2.05, 4.69) is 24.4 Å². The van der Waals surface area contributed by atoms with Gasteiger partial charge in [-0.15, -0.1) is 11.3 Å². The number of rotatable bonds is 6. The fourth-order valence-corrected chi connectivity index (χ4v) is 2.88. The summed E-state index contributed by atoms with van der Waals surface area (Å²) in [6.45, 7) is 4.95. The van der Waals surface area contributed by atoms with Crippen molar-refractivity contribution in [3.63, 3.8) is 0 Å². The Morgan fingerprint density at radius 2 is 2.00 bits per heavy atom. The second-order valence-electron chi connectivity index (χ2n) is 4.60. The first kappa shape index (κ1) is 15.4. The minimum Gasteiger partial charge on any atom is -0.462 e. The second kappa shape index (κ2) is 7.13. The fourth-order valence-electron chi connectivity index (χ4n) is 1.98. The van der Waals surface area contributed by atoms with Crippen LogP contribution in [0.1, 0.15) is 34.0 Å². The molecule has 1 aromatic heterocycles. The van der Waals surface area contributed by atoms with Gasteiger partial charge in [-0.05, 0) is 43.7 Å². The molecule has 1 heterocycles. The third-order valence-corrected chi connectivity index (χ3v) is 4.29. The first-order valence-corrected chi connectivity index (χ1v) is 7.83. The van der Waals surface area contributed by atoms with Gasteiger partial charge in [0.15, 0.2) is 0 Å². The van der Waals surface area contributed by atoms with E-state index in [-0.39, 0.29) is 5.97 Å². The van der Waals surface area contributed by atoms with Crippen LogP contribution in [0.3, 0.4) is 0 Å². The fraction of sp³-hybridized carbons (Fsp3) is 0.312. The van der Waals surface area contributed by atoms with Crippen LogP contribution in [0.25, 0.3) is 0 Å². The first-order valence-electron chi connectivity index (χ1n) is 7.02. The molecule has 0 aliphatic carbocycles. The Bertz CT molecular complexity index is 622. The van der Waals surface area contributed by atoms with Gasteiger partial charge in [-0.1, -0.05) is 6.92 Å². The van der Waals surface area contributed by atoms with E-state index >= 15 is 0 Å². The van der Waals surface area contributed by atoms with Gasteiger partial charge in [-0.25, -0.2) is 4.79 Å². The molecule has 0 radical (unpaired) electrons. The molecular formula is C16H20N2O2S. The highest BCUT2D eigenvalue weighted by Crippen LogP contribution is 2.23. The molecule has 0 saturated carbocycles. The lowest BCUT2D eigenvalue weighted by atomic mass is 10.1. The zero-order valence-corrected chi connectivity index (χ0v) is 13.1. The molecule has 0 saturated heterocycles. The molecule has 5 heteroatoms. The van der Waals surface area contributed by atoms with E-state index in [1.54, 1.807) is 30.4 Å². The number of hydrogen-bond donors (Lipinski definition) is 2. The molecule has 4 nitrogen and oxygen atoms in total. The topological polar surface area (TPSA) is 64.3 Å². The van der Waals surface area contributed by atoms with E-state index in [4.69, 9.17) is 10.5 Å². The number of benzene rings is 1. The smallest absolute Gasteiger partial charge is 0.340 e. The third kappa shape index (κ3) is 3.98. The standard InChI is InChI=1S/C16H20N2O2S/c1-3-12-6-7-13(21-12)10-18-15-8-5-11(17)9-14(15)16(19)20-4-2/h5-9,18H,3-4,10,17H2,1-2H3. The maximum atomic E-state index is 12.0. The second-order valence-corrected chi connectivity index (χ2v) is 5.85. The summed E-state index contributed by atoms with van der Waals surface area (Å²) in [5.74, 6) is -0.354. The van der Waals surface area contributed by atoms with E-state index in [0.29, 0.717) is 24.4 Å². The number of hydrogen-bond acceptors (Lipinski definition) is 5. The van der Waals surface area contributed by atoms with Crippen molar-refractivity contribution < 1.29 is 9.53 Å². The molecule has 112 valence electrons. The van der Waals surface area contributed by atoms with Gasteiger partial charge in [0.1, 0.15) is 0 Å². The molecule has 1 aromatic carbocycles. The lowest BCUT2D eigenvalue weighted by Gasteiger charge is -2.11. The number of aryl methyl sites for hydroxylation is 1. The molecule has 2 aromatic rings. The van der Waals surface area contributed by atoms with Crippen molar-refractivity contribution in [1.29, 1.82) is 0 Å². The molecule has 2 rings (SSSR count). The number of esters is 1. The third-order valence-electron chi connectivity index (χ3n) is 3.06. The van der Waals surface area contributed by atoms with Crippen molar-refractivity contribution in [1.82, 2.24) is 0 Å². The van der Waals surface area contributed by atoms with Crippen LogP contribution in [-0.2, 0) is 17.7 Å². The Hall–Kier alpha value is -2.01. The zero-order chi connectivity index (χ0) is 15.2. The molecule has 0 fully saturated rings. The van der Waals surface area contributed by atoms with Crippen LogP contribution in [0.4, 0.5) is 11.4 Å². The van der Waals surface area contributed by atoms with Crippen molar-refractivity contribution in [2.75, 3.05) is 17.7 Å². The van der Waals surface area contributed by atoms with Crippen molar-refractivity contribution in [3.8, 4) is 0 Å². The summed E-state index contributed by atoms with van der Waals surface area (Å²) in [7, 11) is 0. The summed E-state index contributed by atoms with van der Waals surface area (Å²) in [6, 6.07) is 9.48. The van der Waals surface area contributed by atoms with Gasteiger partial charge in [0.2, 0.25) is 0 Å². The summed E-state index contributed by atoms with van der Waals surface area (Å²) < 4.78 is 5.07. The van der Waals surface area contributed by atoms with Gasteiger partial charge >= 0.3 is 5.97 Å². The van der Waals surface area contributed by atoms with Crippen LogP contribution >= 0.6 is 11.3 Å². The maximum Gasteiger partial charge on any atom is 0.340 e. The minimum atomic E-state index is -0.354. The number of ether oxygens (including phenoxy) is 1. The highest BCUT2D eigenvalue weighted by atomic mass is 32.1. The Morgan fingerprint density at radius 3 is 2.67 bits per heavy atom. The highest BCUT2D eigenvalue weighted by Gasteiger charge is 2.13. The predicted molar refractivity (Wildman–Crippen MR) is 87.8 cm³/mol. The van der Waals surface area contributed by atoms with E-state index in [9.17, 15) is 4.79 Å². The summed E-state index contributed by atoms with van der Waals surface area (Å²) in [4.78, 5) is 14.6. The SMILES string of the molecule is CCOC(=O)c1cc(N)ccc1NCc1ccc(CC)s1. The van der Waals surface area contributed by atoms with Crippen LogP contribution < -0.4 is 11.1 Å². The summed E-state index contributed by atoms with van der Waals surface area (Å²) in [5.41, 5.74) is 7.53. The quantitative estimate of drug-likeness (QED) is 0.631. The van der Waals surface area contributed by atoms with E-state index in [1.165, 1.54) is 9.75 Å². The van der Waals surface area contributed by atoms with Crippen LogP contribution in [0.5, 0.6) is 0 Å². The van der Waals surface area contributed by atoms with Crippen molar-refractivity contribution in [2.24, 2.45) is 0 Å². The Labute approximate surface area is 128 Å². The molecule has 0 bridgehead atoms. The largest absolute Gasteiger partial charge is 0.462 e. The maximum absolute atomic E-state index is 12.0. The van der Waals surface area contributed by atoms with E-state index in [1.807, 2.05) is 6.07 Å². The number of carbonyl (C=O) groups excluding carboxylic acids is 1. The Morgan fingerprint density at radius 1 is 1.24 bits per heavy atom. The number of nitrogen functional groups attached to an aromatic ring is 1. The molecule has 0 unspecified atom stereocenters. The number of thiophene rings is 1.